The minimum atomic E-state index is 0.275. The lowest BCUT2D eigenvalue weighted by molar-refractivity contribution is 0.185. The fourth-order valence-electron chi connectivity index (χ4n) is 3.75. The number of nitrogens with zero attached hydrogens (tertiary/aromatic N) is 1. The maximum Gasteiger partial charge on any atom is 0.191 e. The smallest absolute Gasteiger partial charge is 0.191 e. The number of para-hydroxylation sites is 1. The number of hydrogen-bond donors (Lipinski definition) is 2. The molecule has 30 heavy (non-hydrogen) atoms. The van der Waals surface area contributed by atoms with Crippen molar-refractivity contribution in [2.45, 2.75) is 51.5 Å². The minimum Gasteiger partial charge on any atom is -0.493 e. The minimum absolute atomic E-state index is 0.275. The Morgan fingerprint density at radius 1 is 1.00 bits per heavy atom. The van der Waals surface area contributed by atoms with E-state index >= 15 is 0 Å². The summed E-state index contributed by atoms with van der Waals surface area (Å²) in [6.45, 7) is 1.89. The fourth-order valence-corrected chi connectivity index (χ4v) is 3.75. The molecule has 1 aliphatic carbocycles. The van der Waals surface area contributed by atoms with Crippen LogP contribution in [0.5, 0.6) is 11.5 Å². The van der Waals surface area contributed by atoms with E-state index in [1.54, 1.807) is 21.3 Å². The highest BCUT2D eigenvalue weighted by Crippen LogP contribution is 2.34. The molecule has 0 aliphatic heterocycles. The molecule has 0 heterocycles. The number of guanidine groups is 1. The van der Waals surface area contributed by atoms with Gasteiger partial charge in [-0.1, -0.05) is 36.4 Å². The van der Waals surface area contributed by atoms with E-state index < -0.39 is 0 Å². The van der Waals surface area contributed by atoms with E-state index in [-0.39, 0.29) is 6.10 Å². The summed E-state index contributed by atoms with van der Waals surface area (Å²) >= 11 is 0. The van der Waals surface area contributed by atoms with Gasteiger partial charge in [-0.3, -0.25) is 4.99 Å². The van der Waals surface area contributed by atoms with Crippen molar-refractivity contribution >= 4 is 5.96 Å². The number of rotatable bonds is 9. The van der Waals surface area contributed by atoms with Gasteiger partial charge in [-0.15, -0.1) is 0 Å². The molecule has 0 amide bonds. The summed E-state index contributed by atoms with van der Waals surface area (Å²) in [6, 6.07) is 14.4. The van der Waals surface area contributed by atoms with Crippen LogP contribution in [0, 0.1) is 0 Å². The highest BCUT2D eigenvalue weighted by atomic mass is 16.5. The number of hydrogen-bond acceptors (Lipinski definition) is 4. The van der Waals surface area contributed by atoms with Crippen LogP contribution >= 0.6 is 0 Å². The molecule has 6 nitrogen and oxygen atoms in total. The van der Waals surface area contributed by atoms with Gasteiger partial charge >= 0.3 is 0 Å². The zero-order valence-electron chi connectivity index (χ0n) is 18.2. The van der Waals surface area contributed by atoms with Crippen LogP contribution in [0.4, 0.5) is 0 Å². The van der Waals surface area contributed by atoms with Gasteiger partial charge in [0.25, 0.3) is 0 Å². The first-order valence-electron chi connectivity index (χ1n) is 10.6. The van der Waals surface area contributed by atoms with Gasteiger partial charge in [0.05, 0.1) is 19.8 Å². The fraction of sp³-hybridized carbons (Fsp3) is 0.458. The topological polar surface area (TPSA) is 64.1 Å². The molecule has 1 fully saturated rings. The van der Waals surface area contributed by atoms with E-state index in [0.29, 0.717) is 19.7 Å². The van der Waals surface area contributed by atoms with E-state index in [0.717, 1.165) is 41.4 Å². The summed E-state index contributed by atoms with van der Waals surface area (Å²) in [5.74, 6) is 2.35. The number of aliphatic imine (C=N–C) groups is 1. The zero-order chi connectivity index (χ0) is 21.2. The van der Waals surface area contributed by atoms with Crippen molar-refractivity contribution < 1.29 is 14.2 Å². The van der Waals surface area contributed by atoms with Crippen LogP contribution in [0.3, 0.4) is 0 Å². The third-order valence-electron chi connectivity index (χ3n) is 5.30. The first kappa shape index (κ1) is 22.0. The third kappa shape index (κ3) is 6.13. The molecule has 1 saturated carbocycles. The molecule has 2 aromatic carbocycles. The highest BCUT2D eigenvalue weighted by Gasteiger charge is 2.20. The second-order valence-corrected chi connectivity index (χ2v) is 7.51. The maximum absolute atomic E-state index is 6.32. The van der Waals surface area contributed by atoms with Crippen molar-refractivity contribution in [1.82, 2.24) is 10.6 Å². The lowest BCUT2D eigenvalue weighted by atomic mass is 10.1. The Hall–Kier alpha value is -2.73. The first-order valence-corrected chi connectivity index (χ1v) is 10.6. The normalized spacial score (nSPS) is 14.6. The van der Waals surface area contributed by atoms with E-state index in [2.05, 4.69) is 39.9 Å². The molecule has 6 heteroatoms. The van der Waals surface area contributed by atoms with Gasteiger partial charge in [-0.05, 0) is 42.9 Å². The monoisotopic (exact) mass is 411 g/mol. The van der Waals surface area contributed by atoms with E-state index in [4.69, 9.17) is 14.2 Å². The summed E-state index contributed by atoms with van der Waals surface area (Å²) < 4.78 is 17.1. The van der Waals surface area contributed by atoms with Crippen molar-refractivity contribution in [2.75, 3.05) is 21.3 Å². The summed E-state index contributed by atoms with van der Waals surface area (Å²) in [4.78, 5) is 4.35. The van der Waals surface area contributed by atoms with Crippen molar-refractivity contribution in [3.63, 3.8) is 0 Å². The predicted molar refractivity (Wildman–Crippen MR) is 120 cm³/mol. The Balaban J connectivity index is 1.61. The average molecular weight is 412 g/mol. The summed E-state index contributed by atoms with van der Waals surface area (Å²) in [5.41, 5.74) is 3.40. The molecule has 1 aliphatic rings. The Morgan fingerprint density at radius 3 is 2.47 bits per heavy atom. The van der Waals surface area contributed by atoms with Crippen molar-refractivity contribution in [3.8, 4) is 11.5 Å². The van der Waals surface area contributed by atoms with Gasteiger partial charge in [0, 0.05) is 32.8 Å². The third-order valence-corrected chi connectivity index (χ3v) is 5.30. The van der Waals surface area contributed by atoms with E-state index in [9.17, 15) is 0 Å². The molecule has 0 bridgehead atoms. The second-order valence-electron chi connectivity index (χ2n) is 7.51. The lowest BCUT2D eigenvalue weighted by Crippen LogP contribution is -2.36. The second kappa shape index (κ2) is 11.5. The number of ether oxygens (including phenoxy) is 3. The Labute approximate surface area is 179 Å². The van der Waals surface area contributed by atoms with Gasteiger partial charge in [0.2, 0.25) is 0 Å². The molecule has 0 saturated heterocycles. The van der Waals surface area contributed by atoms with Crippen LogP contribution in [0.1, 0.15) is 42.4 Å². The Kier molecular flexibility index (Phi) is 8.39. The van der Waals surface area contributed by atoms with Crippen molar-refractivity contribution in [2.24, 2.45) is 4.99 Å². The molecule has 0 radical (unpaired) electrons. The van der Waals surface area contributed by atoms with Crippen LogP contribution in [-0.2, 0) is 24.4 Å². The van der Waals surface area contributed by atoms with Crippen LogP contribution in [0.2, 0.25) is 0 Å². The van der Waals surface area contributed by atoms with Gasteiger partial charge in [-0.2, -0.15) is 0 Å². The molecule has 2 N–H and O–H groups in total. The predicted octanol–water partition coefficient (Wildman–Crippen LogP) is 4.03. The molecular formula is C24H33N3O3. The van der Waals surface area contributed by atoms with Gasteiger partial charge in [0.15, 0.2) is 17.5 Å². The highest BCUT2D eigenvalue weighted by molar-refractivity contribution is 5.79. The van der Waals surface area contributed by atoms with Gasteiger partial charge in [0.1, 0.15) is 0 Å². The Bertz CT molecular complexity index is 832. The number of nitrogens with one attached hydrogen (secondary N) is 2. The number of methoxy groups -OCH3 is 2. The largest absolute Gasteiger partial charge is 0.493 e. The van der Waals surface area contributed by atoms with E-state index in [1.807, 2.05) is 18.2 Å². The SMILES string of the molecule is CN=C(NCc1cccc(COC)c1)NCc1cccc(OC)c1OC1CCCC1. The molecule has 162 valence electrons. The average Bonchev–Trinajstić information content (AvgIpc) is 3.28. The molecule has 0 spiro atoms. The lowest BCUT2D eigenvalue weighted by Gasteiger charge is -2.20. The quantitative estimate of drug-likeness (QED) is 0.482. The van der Waals surface area contributed by atoms with E-state index in [1.165, 1.54) is 18.4 Å². The maximum atomic E-state index is 6.32. The number of benzene rings is 2. The molecule has 0 atom stereocenters. The summed E-state index contributed by atoms with van der Waals surface area (Å²) in [5, 5.41) is 6.76. The molecule has 3 rings (SSSR count). The van der Waals surface area contributed by atoms with Gasteiger partial charge < -0.3 is 24.8 Å². The van der Waals surface area contributed by atoms with Crippen LogP contribution in [0.15, 0.2) is 47.5 Å². The van der Waals surface area contributed by atoms with Crippen molar-refractivity contribution in [3.05, 3.63) is 59.2 Å². The molecule has 0 unspecified atom stereocenters. The first-order chi connectivity index (χ1) is 14.7. The molecule has 0 aromatic heterocycles. The Morgan fingerprint density at radius 2 is 1.73 bits per heavy atom. The summed E-state index contributed by atoms with van der Waals surface area (Å²) in [6.07, 6.45) is 4.95. The summed E-state index contributed by atoms with van der Waals surface area (Å²) in [7, 11) is 5.17. The van der Waals surface area contributed by atoms with Crippen molar-refractivity contribution in [1.29, 1.82) is 0 Å². The molecular weight excluding hydrogens is 378 g/mol. The van der Waals surface area contributed by atoms with Crippen LogP contribution in [0.25, 0.3) is 0 Å². The van der Waals surface area contributed by atoms with Crippen LogP contribution < -0.4 is 20.1 Å². The van der Waals surface area contributed by atoms with Crippen LogP contribution in [-0.4, -0.2) is 33.3 Å². The van der Waals surface area contributed by atoms with Gasteiger partial charge in [-0.25, -0.2) is 0 Å². The zero-order valence-corrected chi connectivity index (χ0v) is 18.2. The molecule has 2 aromatic rings. The standard InChI is InChI=1S/C24H33N3O3/c1-25-24(26-15-18-8-6-9-19(14-18)17-28-2)27-16-20-10-7-13-22(29-3)23(20)30-21-11-4-5-12-21/h6-10,13-14,21H,4-5,11-12,15-17H2,1-3H3,(H2,25,26,27).